The third kappa shape index (κ3) is 13.2. The molecule has 17 nitrogen and oxygen atoms in total. The van der Waals surface area contributed by atoms with Gasteiger partial charge in [-0.3, -0.25) is 19.2 Å². The van der Waals surface area contributed by atoms with Gasteiger partial charge in [-0.15, -0.1) is 0 Å². The number of phenols is 1. The second-order valence-electron chi connectivity index (χ2n) is 12.6. The number of benzene rings is 2. The van der Waals surface area contributed by atoms with Crippen LogP contribution in [0.2, 0.25) is 0 Å². The van der Waals surface area contributed by atoms with Crippen molar-refractivity contribution in [3.05, 3.63) is 65.7 Å². The summed E-state index contributed by atoms with van der Waals surface area (Å²) in [5.41, 5.74) is 7.30. The molecule has 1 heterocycles. The monoisotopic (exact) mass is 717 g/mol. The normalized spacial score (nSPS) is 21.8. The lowest BCUT2D eigenvalue weighted by atomic mass is 9.99. The van der Waals surface area contributed by atoms with Gasteiger partial charge in [0.25, 0.3) is 0 Å². The van der Waals surface area contributed by atoms with E-state index < -0.39 is 98.1 Å². The Kier molecular flexibility index (Phi) is 15.7. The first-order chi connectivity index (χ1) is 24.1. The molecule has 1 aliphatic rings. The zero-order valence-electron chi connectivity index (χ0n) is 28.3. The molecule has 1 saturated heterocycles. The number of carbonyl (C=O) groups excluding carboxylic acids is 5. The average Bonchev–Trinajstić information content (AvgIpc) is 3.10. The quantitative estimate of drug-likeness (QED) is 0.0736. The van der Waals surface area contributed by atoms with Crippen LogP contribution in [0.1, 0.15) is 31.4 Å². The third-order valence-corrected chi connectivity index (χ3v) is 7.92. The Labute approximate surface area is 294 Å². The van der Waals surface area contributed by atoms with Crippen molar-refractivity contribution in [3.63, 3.8) is 0 Å². The summed E-state index contributed by atoms with van der Waals surface area (Å²) in [6, 6.07) is 11.5. The fraction of sp³-hybridized carbons (Fsp3) is 0.500. The minimum atomic E-state index is -1.83. The van der Waals surface area contributed by atoms with Gasteiger partial charge < -0.3 is 62.0 Å². The molecule has 2 aromatic carbocycles. The Balaban J connectivity index is 1.57. The summed E-state index contributed by atoms with van der Waals surface area (Å²) in [5, 5.41) is 58.8. The molecule has 0 aliphatic carbocycles. The maximum Gasteiger partial charge on any atom is 0.328 e. The van der Waals surface area contributed by atoms with Crippen molar-refractivity contribution in [2.24, 2.45) is 11.7 Å². The predicted octanol–water partition coefficient (Wildman–Crippen LogP) is -2.90. The molecule has 2 aromatic rings. The second kappa shape index (κ2) is 19.7. The summed E-state index contributed by atoms with van der Waals surface area (Å²) in [6.07, 6.45) is -8.09. The SMILES string of the molecule is CC(C)C[C@H](NC(=O)[C@H](Cc1ccccc1)NC(=O)CNC(=O)CNC(=O)[C@@H](N)Cc1ccc(O)cc1)C(=O)OC[C@H]1O[C@H](O)[C@H](O)[C@@H](O)[C@@H]1O. The van der Waals surface area contributed by atoms with Crippen LogP contribution in [0.4, 0.5) is 0 Å². The number of rotatable bonds is 17. The van der Waals surface area contributed by atoms with E-state index in [1.807, 2.05) is 0 Å². The number of nitrogens with two attached hydrogens (primary N) is 1. The number of carbonyl (C=O) groups is 5. The van der Waals surface area contributed by atoms with Gasteiger partial charge >= 0.3 is 5.97 Å². The second-order valence-corrected chi connectivity index (χ2v) is 12.6. The largest absolute Gasteiger partial charge is 0.508 e. The standard InChI is InChI=1S/C34H47N5O12/c1-18(2)12-24(33(48)50-17-25-28(43)29(44)30(45)34(49)51-25)39-32(47)23(14-19-6-4-3-5-7-19)38-27(42)16-36-26(41)15-37-31(46)22(35)13-20-8-10-21(40)11-9-20/h3-11,18,22-25,28-30,34,40,43-45,49H,12-17,35H2,1-2H3,(H,36,41)(H,37,46)(H,38,42)(H,39,47)/t22-,23-,24-,25+,28+,29-,30+,34-/m0/s1. The lowest BCUT2D eigenvalue weighted by molar-refractivity contribution is -0.287. The van der Waals surface area contributed by atoms with Crippen molar-refractivity contribution < 1.29 is 59.0 Å². The van der Waals surface area contributed by atoms with Crippen molar-refractivity contribution in [2.75, 3.05) is 19.7 Å². The molecule has 0 bridgehead atoms. The molecule has 1 aliphatic heterocycles. The summed E-state index contributed by atoms with van der Waals surface area (Å²) in [7, 11) is 0. The van der Waals surface area contributed by atoms with Crippen LogP contribution in [-0.4, -0.2) is 124 Å². The first kappa shape index (κ1) is 40.8. The van der Waals surface area contributed by atoms with Crippen molar-refractivity contribution in [1.82, 2.24) is 21.3 Å². The van der Waals surface area contributed by atoms with E-state index in [2.05, 4.69) is 21.3 Å². The van der Waals surface area contributed by atoms with E-state index in [0.717, 1.165) is 0 Å². The Morgan fingerprint density at radius 3 is 2.04 bits per heavy atom. The van der Waals surface area contributed by atoms with E-state index in [9.17, 15) is 49.5 Å². The number of aliphatic hydroxyl groups excluding tert-OH is 4. The highest BCUT2D eigenvalue weighted by Crippen LogP contribution is 2.20. The first-order valence-electron chi connectivity index (χ1n) is 16.4. The molecule has 11 N–H and O–H groups in total. The zero-order valence-corrected chi connectivity index (χ0v) is 28.3. The molecule has 51 heavy (non-hydrogen) atoms. The maximum absolute atomic E-state index is 13.5. The van der Waals surface area contributed by atoms with Gasteiger partial charge in [-0.25, -0.2) is 4.79 Å². The molecule has 0 spiro atoms. The fourth-order valence-corrected chi connectivity index (χ4v) is 5.11. The molecule has 0 aromatic heterocycles. The van der Waals surface area contributed by atoms with Crippen LogP contribution in [0, 0.1) is 5.92 Å². The lowest BCUT2D eigenvalue weighted by Crippen LogP contribution is -2.59. The van der Waals surface area contributed by atoms with Gasteiger partial charge in [0.1, 0.15) is 48.9 Å². The zero-order chi connectivity index (χ0) is 37.7. The van der Waals surface area contributed by atoms with Gasteiger partial charge in [0.05, 0.1) is 19.1 Å². The van der Waals surface area contributed by atoms with E-state index >= 15 is 0 Å². The van der Waals surface area contributed by atoms with Gasteiger partial charge in [-0.2, -0.15) is 0 Å². The van der Waals surface area contributed by atoms with Crippen molar-refractivity contribution in [1.29, 1.82) is 0 Å². The van der Waals surface area contributed by atoms with Crippen molar-refractivity contribution >= 4 is 29.6 Å². The van der Waals surface area contributed by atoms with E-state index in [1.54, 1.807) is 56.3 Å². The highest BCUT2D eigenvalue weighted by atomic mass is 16.6. The Hall–Kier alpha value is -4.65. The van der Waals surface area contributed by atoms with Gasteiger partial charge in [0, 0.05) is 6.42 Å². The third-order valence-electron chi connectivity index (χ3n) is 7.92. The molecule has 17 heteroatoms. The number of amides is 4. The van der Waals surface area contributed by atoms with E-state index in [1.165, 1.54) is 12.1 Å². The number of nitrogens with one attached hydrogen (secondary N) is 4. The fourth-order valence-electron chi connectivity index (χ4n) is 5.11. The molecule has 8 atom stereocenters. The first-order valence-corrected chi connectivity index (χ1v) is 16.4. The number of phenolic OH excluding ortho intramolecular Hbond substituents is 1. The van der Waals surface area contributed by atoms with Crippen molar-refractivity contribution in [2.45, 2.75) is 81.9 Å². The number of esters is 1. The molecule has 0 unspecified atom stereocenters. The number of aromatic hydroxyl groups is 1. The van der Waals surface area contributed by atoms with Gasteiger partial charge in [-0.1, -0.05) is 56.3 Å². The van der Waals surface area contributed by atoms with Crippen LogP contribution in [0.25, 0.3) is 0 Å². The van der Waals surface area contributed by atoms with E-state index in [0.29, 0.717) is 11.1 Å². The summed E-state index contributed by atoms with van der Waals surface area (Å²) >= 11 is 0. The van der Waals surface area contributed by atoms with Crippen LogP contribution in [0.15, 0.2) is 54.6 Å². The summed E-state index contributed by atoms with van der Waals surface area (Å²) in [5.74, 6) is -3.73. The molecular formula is C34H47N5O12. The maximum atomic E-state index is 13.5. The Bertz CT molecular complexity index is 1460. The number of hydrogen-bond donors (Lipinski definition) is 10. The molecule has 1 fully saturated rings. The predicted molar refractivity (Wildman–Crippen MR) is 179 cm³/mol. The van der Waals surface area contributed by atoms with Crippen LogP contribution < -0.4 is 27.0 Å². The van der Waals surface area contributed by atoms with E-state index in [4.69, 9.17) is 15.2 Å². The highest BCUT2D eigenvalue weighted by molar-refractivity contribution is 5.93. The van der Waals surface area contributed by atoms with Gasteiger partial charge in [0.15, 0.2) is 6.29 Å². The molecule has 4 amide bonds. The summed E-state index contributed by atoms with van der Waals surface area (Å²) in [4.78, 5) is 64.3. The number of ether oxygens (including phenoxy) is 2. The summed E-state index contributed by atoms with van der Waals surface area (Å²) < 4.78 is 10.3. The number of hydrogen-bond acceptors (Lipinski definition) is 13. The van der Waals surface area contributed by atoms with Crippen LogP contribution in [0.3, 0.4) is 0 Å². The Morgan fingerprint density at radius 1 is 0.765 bits per heavy atom. The molecular weight excluding hydrogens is 670 g/mol. The smallest absolute Gasteiger partial charge is 0.328 e. The highest BCUT2D eigenvalue weighted by Gasteiger charge is 2.43. The van der Waals surface area contributed by atoms with Crippen molar-refractivity contribution in [3.8, 4) is 5.75 Å². The molecule has 280 valence electrons. The van der Waals surface area contributed by atoms with Gasteiger partial charge in [-0.05, 0) is 42.0 Å². The molecule has 0 radical (unpaired) electrons. The average molecular weight is 718 g/mol. The van der Waals surface area contributed by atoms with E-state index in [-0.39, 0.29) is 30.9 Å². The van der Waals surface area contributed by atoms with Crippen LogP contribution >= 0.6 is 0 Å². The topological polar surface area (TPSA) is 279 Å². The van der Waals surface area contributed by atoms with Crippen LogP contribution in [-0.2, 0) is 46.3 Å². The lowest BCUT2D eigenvalue weighted by Gasteiger charge is -2.38. The molecule has 0 saturated carbocycles. The minimum Gasteiger partial charge on any atom is -0.508 e. The van der Waals surface area contributed by atoms with Gasteiger partial charge in [0.2, 0.25) is 23.6 Å². The Morgan fingerprint density at radius 2 is 1.39 bits per heavy atom. The van der Waals surface area contributed by atoms with Crippen LogP contribution in [0.5, 0.6) is 5.75 Å². The summed E-state index contributed by atoms with van der Waals surface area (Å²) in [6.45, 7) is 1.97. The molecule has 3 rings (SSSR count). The minimum absolute atomic E-state index is 0.0188. The number of aliphatic hydroxyl groups is 4.